The molecule has 0 spiro atoms. The van der Waals surface area contributed by atoms with Gasteiger partial charge in [-0.05, 0) is 189 Å². The van der Waals surface area contributed by atoms with Gasteiger partial charge in [0, 0.05) is 0 Å². The van der Waals surface area contributed by atoms with Crippen molar-refractivity contribution in [2.75, 3.05) is 0 Å². The molecule has 0 aromatic rings. The third-order valence-corrected chi connectivity index (χ3v) is 22.1. The van der Waals surface area contributed by atoms with Crippen molar-refractivity contribution in [3.63, 3.8) is 0 Å². The lowest BCUT2D eigenvalue weighted by atomic mass is 9.72. The van der Waals surface area contributed by atoms with Gasteiger partial charge < -0.3 is 37.9 Å². The summed E-state index contributed by atoms with van der Waals surface area (Å²) in [7, 11) is 0. The first-order chi connectivity index (χ1) is 32.5. The van der Waals surface area contributed by atoms with Gasteiger partial charge in [-0.25, -0.2) is 0 Å². The molecule has 0 aromatic carbocycles. The second-order valence-electron chi connectivity index (χ2n) is 27.4. The predicted molar refractivity (Wildman–Crippen MR) is 258 cm³/mol. The van der Waals surface area contributed by atoms with E-state index in [1.807, 2.05) is 0 Å². The fraction of sp³-hybridized carbons (Fsp3) is 1.00. The molecule has 13 rings (SSSR count). The van der Waals surface area contributed by atoms with Crippen molar-refractivity contribution < 1.29 is 37.9 Å². The van der Waals surface area contributed by atoms with Crippen LogP contribution in [0.25, 0.3) is 0 Å². The number of rotatable bonds is 0. The van der Waals surface area contributed by atoms with Crippen molar-refractivity contribution in [3.05, 3.63) is 0 Å². The van der Waals surface area contributed by atoms with Gasteiger partial charge in [-0.2, -0.15) is 0 Å². The van der Waals surface area contributed by atoms with Crippen LogP contribution < -0.4 is 42.5 Å². The van der Waals surface area contributed by atoms with Crippen LogP contribution in [0.15, 0.2) is 0 Å². The van der Waals surface area contributed by atoms with Gasteiger partial charge in [0.05, 0.1) is 144 Å². The molecule has 16 heteroatoms. The fourth-order valence-corrected chi connectivity index (χ4v) is 16.6. The smallest absolute Gasteiger partial charge is 0.0914 e. The van der Waals surface area contributed by atoms with Gasteiger partial charge in [0.2, 0.25) is 0 Å². The summed E-state index contributed by atoms with van der Waals surface area (Å²) in [6.07, 6.45) is 8.60. The van der Waals surface area contributed by atoms with Crippen LogP contribution in [0, 0.1) is 47.3 Å². The molecule has 8 bridgehead atoms. The molecule has 4 aliphatic carbocycles. The highest BCUT2D eigenvalue weighted by molar-refractivity contribution is 5.14. The summed E-state index contributed by atoms with van der Waals surface area (Å²) >= 11 is 0. The molecule has 8 N–H and O–H groups in total. The molecule has 0 amide bonds. The molecule has 27 unspecified atom stereocenters. The second-order valence-corrected chi connectivity index (χ2v) is 27.4. The van der Waals surface area contributed by atoms with Crippen LogP contribution in [0.3, 0.4) is 0 Å². The van der Waals surface area contributed by atoms with Crippen molar-refractivity contribution in [1.82, 2.24) is 42.5 Å². The monoisotopic (exact) mass is 967 g/mol. The second kappa shape index (κ2) is 16.4. The van der Waals surface area contributed by atoms with Crippen LogP contribution in [0.5, 0.6) is 0 Å². The molecular formula is C53H90N8O8. The Bertz CT molecular complexity index is 1950. The van der Waals surface area contributed by atoms with Gasteiger partial charge >= 0.3 is 0 Å². The Morgan fingerprint density at radius 2 is 0.478 bits per heavy atom. The number of hydrogen-bond acceptors (Lipinski definition) is 16. The zero-order valence-electron chi connectivity index (χ0n) is 44.0. The lowest BCUT2D eigenvalue weighted by Crippen LogP contribution is -2.64. The van der Waals surface area contributed by atoms with E-state index in [0.717, 1.165) is 51.4 Å². The molecule has 390 valence electrons. The van der Waals surface area contributed by atoms with E-state index in [9.17, 15) is 0 Å². The standard InChI is InChI=1S/C53H90N8O8/c1-22-23(2)63-34-15-26-25(14-33(34)62-22)41-54-42(26)56-46-31-20-39-40(69-53(12,13)52(10,11)68-39)21-32(31)48(61-46)59-44-28-17-36-35(64-24(3)49(4,5)65-36)16-27(28)43(57-44)58-47-30-19-38-37(18-29(30)45(55-41)60-47)66-50(6,7)51(8,9)67-38/h22-48,54-61H,14-21H2,1-13H3. The van der Waals surface area contributed by atoms with Crippen LogP contribution in [-0.2, 0) is 37.9 Å². The fourth-order valence-electron chi connectivity index (χ4n) is 16.6. The first kappa shape index (κ1) is 48.0. The zero-order valence-corrected chi connectivity index (χ0v) is 44.0. The highest BCUT2D eigenvalue weighted by Crippen LogP contribution is 2.53. The average Bonchev–Trinajstić information content (AvgIpc) is 3.96. The van der Waals surface area contributed by atoms with Crippen LogP contribution in [-0.4, -0.2) is 144 Å². The topological polar surface area (TPSA) is 170 Å². The summed E-state index contributed by atoms with van der Waals surface area (Å²) in [5, 5.41) is 34.5. The maximum Gasteiger partial charge on any atom is 0.0914 e. The minimum absolute atomic E-state index is 0.0224. The molecule has 0 aromatic heterocycles. The van der Waals surface area contributed by atoms with Crippen molar-refractivity contribution >= 4 is 0 Å². The summed E-state index contributed by atoms with van der Waals surface area (Å²) < 4.78 is 55.8. The van der Waals surface area contributed by atoms with E-state index in [2.05, 4.69) is 133 Å². The third kappa shape index (κ3) is 7.78. The summed E-state index contributed by atoms with van der Waals surface area (Å²) in [6, 6.07) is 0. The normalized spacial score (nSPS) is 58.1. The molecular weight excluding hydrogens is 877 g/mol. The minimum atomic E-state index is -0.399. The maximum atomic E-state index is 7.08. The van der Waals surface area contributed by atoms with Crippen molar-refractivity contribution in [1.29, 1.82) is 0 Å². The zero-order chi connectivity index (χ0) is 48.1. The van der Waals surface area contributed by atoms with E-state index in [-0.39, 0.29) is 122 Å². The summed E-state index contributed by atoms with van der Waals surface area (Å²) in [5.74, 6) is 2.69. The SMILES string of the molecule is CC1OC2CC3C4NC(NC5NC(NC6NC(NC7NC(N4)C4CC8OC(C)(C)C(C)(C)OC8CC74)C4CC7OC(C)C(C)(C)OC7CC64)C4CC6OC(C)(C)C(C)(C)OC6CC54)C3CC2OC1C. The average molecular weight is 967 g/mol. The molecule has 0 radical (unpaired) electrons. The summed E-state index contributed by atoms with van der Waals surface area (Å²) in [5.41, 5.74) is -1.94. The number of ether oxygens (including phenoxy) is 8. The number of fused-ring (bicyclic) bond motifs is 24. The van der Waals surface area contributed by atoms with Gasteiger partial charge in [0.1, 0.15) is 0 Å². The Hall–Kier alpha value is -0.640. The van der Waals surface area contributed by atoms with E-state index < -0.39 is 22.4 Å². The van der Waals surface area contributed by atoms with E-state index in [0.29, 0.717) is 47.3 Å². The first-order valence-corrected chi connectivity index (χ1v) is 28.0. The summed E-state index contributed by atoms with van der Waals surface area (Å²) in [6.45, 7) is 28.6. The molecule has 9 heterocycles. The highest BCUT2D eigenvalue weighted by atomic mass is 16.6. The largest absolute Gasteiger partial charge is 0.370 e. The van der Waals surface area contributed by atoms with Crippen LogP contribution in [0.2, 0.25) is 0 Å². The summed E-state index contributed by atoms with van der Waals surface area (Å²) in [4.78, 5) is 0. The highest BCUT2D eigenvalue weighted by Gasteiger charge is 2.63. The number of nitrogens with one attached hydrogen (secondary N) is 8. The Kier molecular flexibility index (Phi) is 11.4. The van der Waals surface area contributed by atoms with Gasteiger partial charge in [-0.3, -0.25) is 42.5 Å². The minimum Gasteiger partial charge on any atom is -0.370 e. The lowest BCUT2D eigenvalue weighted by molar-refractivity contribution is -0.308. The number of hydrogen-bond donors (Lipinski definition) is 8. The lowest BCUT2D eigenvalue weighted by Gasteiger charge is -2.55. The Morgan fingerprint density at radius 1 is 0.275 bits per heavy atom. The van der Waals surface area contributed by atoms with Crippen molar-refractivity contribution in [3.8, 4) is 0 Å². The molecule has 13 aliphatic rings. The van der Waals surface area contributed by atoms with Gasteiger partial charge in [0.25, 0.3) is 0 Å². The molecule has 27 atom stereocenters. The van der Waals surface area contributed by atoms with E-state index in [4.69, 9.17) is 37.9 Å². The van der Waals surface area contributed by atoms with Crippen LogP contribution in [0.1, 0.15) is 141 Å². The van der Waals surface area contributed by atoms with E-state index in [1.54, 1.807) is 0 Å². The quantitative estimate of drug-likeness (QED) is 0.177. The van der Waals surface area contributed by atoms with E-state index in [1.165, 1.54) is 0 Å². The molecule has 9 saturated heterocycles. The van der Waals surface area contributed by atoms with Crippen LogP contribution in [0.4, 0.5) is 0 Å². The predicted octanol–water partition coefficient (Wildman–Crippen LogP) is 3.68. The Balaban J connectivity index is 0.865. The molecule has 9 aliphatic heterocycles. The van der Waals surface area contributed by atoms with Gasteiger partial charge in [-0.1, -0.05) is 0 Å². The molecule has 69 heavy (non-hydrogen) atoms. The van der Waals surface area contributed by atoms with E-state index >= 15 is 0 Å². The molecule has 4 saturated carbocycles. The maximum absolute atomic E-state index is 7.08. The van der Waals surface area contributed by atoms with Crippen molar-refractivity contribution in [2.24, 2.45) is 47.3 Å². The van der Waals surface area contributed by atoms with Crippen LogP contribution >= 0.6 is 0 Å². The Labute approximate surface area is 412 Å². The van der Waals surface area contributed by atoms with Crippen molar-refractivity contribution in [2.45, 2.75) is 286 Å². The Morgan fingerprint density at radius 3 is 0.725 bits per heavy atom. The van der Waals surface area contributed by atoms with Gasteiger partial charge in [0.15, 0.2) is 0 Å². The first-order valence-electron chi connectivity index (χ1n) is 28.0. The molecule has 13 fully saturated rings. The molecule has 16 nitrogen and oxygen atoms in total. The van der Waals surface area contributed by atoms with Gasteiger partial charge in [-0.15, -0.1) is 0 Å². The third-order valence-electron chi connectivity index (χ3n) is 22.1.